The summed E-state index contributed by atoms with van der Waals surface area (Å²) in [5, 5.41) is 8.88. The first-order valence-corrected chi connectivity index (χ1v) is 9.60. The molecule has 0 bridgehead atoms. The van der Waals surface area contributed by atoms with Crippen molar-refractivity contribution in [1.29, 1.82) is 5.26 Å². The zero-order chi connectivity index (χ0) is 20.5. The number of rotatable bonds is 3. The molecule has 1 aliphatic rings. The highest BCUT2D eigenvalue weighted by Crippen LogP contribution is 2.25. The number of fused-ring (bicyclic) bond motifs is 1. The van der Waals surface area contributed by atoms with Gasteiger partial charge in [-0.05, 0) is 30.9 Å². The molecular weight excluding hydrogens is 370 g/mol. The molecule has 0 saturated carbocycles. The summed E-state index contributed by atoms with van der Waals surface area (Å²) in [6.45, 7) is 3.32. The molecule has 0 spiro atoms. The first kappa shape index (κ1) is 18.8. The van der Waals surface area contributed by atoms with Crippen LogP contribution in [0.4, 0.5) is 5.95 Å². The fraction of sp³-hybridized carbons (Fsp3) is 0.400. The van der Waals surface area contributed by atoms with E-state index in [-0.39, 0.29) is 6.04 Å². The molecule has 4 rings (SSSR count). The van der Waals surface area contributed by atoms with E-state index in [9.17, 15) is 9.59 Å². The van der Waals surface area contributed by atoms with Crippen molar-refractivity contribution in [3.8, 4) is 6.07 Å². The van der Waals surface area contributed by atoms with Gasteiger partial charge in [-0.25, -0.2) is 15.0 Å². The quantitative estimate of drug-likeness (QED) is 0.616. The largest absolute Gasteiger partial charge is 0.341 e. The smallest absolute Gasteiger partial charge is 0.318 e. The number of pyridine rings is 1. The molecule has 3 aromatic rings. The van der Waals surface area contributed by atoms with Gasteiger partial charge in [0.2, 0.25) is 5.95 Å². The molecule has 1 aliphatic heterocycles. The summed E-state index contributed by atoms with van der Waals surface area (Å²) in [5.41, 5.74) is 1.58. The Kier molecular flexibility index (Phi) is 4.84. The number of hydrogen-bond donors (Lipinski definition) is 0. The van der Waals surface area contributed by atoms with E-state index in [1.807, 2.05) is 24.0 Å². The van der Waals surface area contributed by atoms with Crippen molar-refractivity contribution in [3.05, 3.63) is 56.5 Å². The van der Waals surface area contributed by atoms with Gasteiger partial charge < -0.3 is 9.47 Å². The van der Waals surface area contributed by atoms with Gasteiger partial charge in [-0.3, -0.25) is 14.2 Å². The van der Waals surface area contributed by atoms with E-state index < -0.39 is 11.1 Å². The molecule has 1 saturated heterocycles. The molecule has 148 valence electrons. The van der Waals surface area contributed by atoms with Crippen molar-refractivity contribution in [2.45, 2.75) is 32.2 Å². The zero-order valence-electron chi connectivity index (χ0n) is 16.4. The Labute approximate surface area is 166 Å². The van der Waals surface area contributed by atoms with E-state index in [1.165, 1.54) is 17.0 Å². The Hall–Kier alpha value is -3.54. The van der Waals surface area contributed by atoms with Crippen LogP contribution in [0.2, 0.25) is 0 Å². The number of piperidine rings is 1. The second-order valence-electron chi connectivity index (χ2n) is 7.18. The second kappa shape index (κ2) is 7.47. The average Bonchev–Trinajstić information content (AvgIpc) is 2.78. The number of aromatic nitrogens is 5. The number of hydrogen-bond acceptors (Lipinski definition) is 7. The summed E-state index contributed by atoms with van der Waals surface area (Å²) in [5.74, 6) is 0.564. The van der Waals surface area contributed by atoms with Crippen molar-refractivity contribution >= 4 is 17.1 Å². The van der Waals surface area contributed by atoms with E-state index in [0.717, 1.165) is 12.0 Å². The highest BCUT2D eigenvalue weighted by atomic mass is 16.2. The van der Waals surface area contributed by atoms with Gasteiger partial charge in [0.1, 0.15) is 6.07 Å². The molecule has 3 aromatic heterocycles. The monoisotopic (exact) mass is 391 g/mol. The van der Waals surface area contributed by atoms with Crippen molar-refractivity contribution in [2.24, 2.45) is 7.05 Å². The maximum atomic E-state index is 12.8. The summed E-state index contributed by atoms with van der Waals surface area (Å²) < 4.78 is 2.95. The van der Waals surface area contributed by atoms with E-state index >= 15 is 0 Å². The third kappa shape index (κ3) is 3.27. The molecule has 4 heterocycles. The van der Waals surface area contributed by atoms with Gasteiger partial charge in [0, 0.05) is 32.4 Å². The van der Waals surface area contributed by atoms with Gasteiger partial charge in [0.25, 0.3) is 0 Å². The van der Waals surface area contributed by atoms with Gasteiger partial charge in [0.05, 0.1) is 23.5 Å². The lowest BCUT2D eigenvalue weighted by molar-refractivity contribution is 0.389. The topological polar surface area (TPSA) is 110 Å². The third-order valence-corrected chi connectivity index (χ3v) is 5.49. The number of aryl methyl sites for hydroxylation is 2. The van der Waals surface area contributed by atoms with Crippen LogP contribution in [0.15, 0.2) is 34.2 Å². The van der Waals surface area contributed by atoms with Crippen molar-refractivity contribution in [3.63, 3.8) is 0 Å². The van der Waals surface area contributed by atoms with Gasteiger partial charge in [-0.2, -0.15) is 5.26 Å². The lowest BCUT2D eigenvalue weighted by Gasteiger charge is -2.33. The highest BCUT2D eigenvalue weighted by Gasteiger charge is 2.26. The number of nitrogens with zero attached hydrogens (tertiary/aromatic N) is 7. The third-order valence-electron chi connectivity index (χ3n) is 5.49. The Bertz CT molecular complexity index is 1210. The van der Waals surface area contributed by atoms with Crippen LogP contribution in [0, 0.1) is 11.3 Å². The minimum absolute atomic E-state index is 0.117. The van der Waals surface area contributed by atoms with Crippen LogP contribution in [0.25, 0.3) is 11.2 Å². The predicted octanol–water partition coefficient (Wildman–Crippen LogP) is 1.16. The minimum atomic E-state index is -0.537. The summed E-state index contributed by atoms with van der Waals surface area (Å²) in [6, 6.07) is 3.82. The molecule has 1 fully saturated rings. The normalized spacial score (nSPS) is 14.9. The molecule has 0 radical (unpaired) electrons. The Morgan fingerprint density at radius 1 is 1.10 bits per heavy atom. The lowest BCUT2D eigenvalue weighted by Crippen LogP contribution is -2.45. The van der Waals surface area contributed by atoms with E-state index in [1.54, 1.807) is 17.8 Å². The van der Waals surface area contributed by atoms with Crippen LogP contribution in [-0.4, -0.2) is 37.2 Å². The average molecular weight is 391 g/mol. The number of nitriles is 1. The lowest BCUT2D eigenvalue weighted by atomic mass is 10.0. The Morgan fingerprint density at radius 2 is 1.79 bits per heavy atom. The predicted molar refractivity (Wildman–Crippen MR) is 108 cm³/mol. The zero-order valence-corrected chi connectivity index (χ0v) is 16.4. The molecule has 0 aliphatic carbocycles. The van der Waals surface area contributed by atoms with Crippen LogP contribution in [0.3, 0.4) is 0 Å². The van der Waals surface area contributed by atoms with E-state index in [2.05, 4.69) is 15.0 Å². The van der Waals surface area contributed by atoms with Crippen molar-refractivity contribution in [1.82, 2.24) is 24.1 Å². The molecule has 9 heteroatoms. The Balaban J connectivity index is 1.67. The first-order chi connectivity index (χ1) is 14.0. The summed E-state index contributed by atoms with van der Waals surface area (Å²) >= 11 is 0. The van der Waals surface area contributed by atoms with Crippen LogP contribution in [0.1, 0.15) is 36.9 Å². The summed E-state index contributed by atoms with van der Waals surface area (Å²) in [7, 11) is 1.61. The van der Waals surface area contributed by atoms with Gasteiger partial charge in [0.15, 0.2) is 5.65 Å². The fourth-order valence-electron chi connectivity index (χ4n) is 3.77. The molecule has 0 atom stereocenters. The first-order valence-electron chi connectivity index (χ1n) is 9.60. The maximum Gasteiger partial charge on any atom is 0.318 e. The minimum Gasteiger partial charge on any atom is -0.341 e. The van der Waals surface area contributed by atoms with Gasteiger partial charge in [-0.15, -0.1) is 0 Å². The second-order valence-corrected chi connectivity index (χ2v) is 7.18. The van der Waals surface area contributed by atoms with Crippen molar-refractivity contribution in [2.75, 3.05) is 18.0 Å². The maximum absolute atomic E-state index is 12.8. The Morgan fingerprint density at radius 3 is 2.41 bits per heavy atom. The van der Waals surface area contributed by atoms with Crippen LogP contribution in [-0.2, 0) is 13.5 Å². The fourth-order valence-corrected chi connectivity index (χ4v) is 3.77. The van der Waals surface area contributed by atoms with Gasteiger partial charge >= 0.3 is 11.1 Å². The summed E-state index contributed by atoms with van der Waals surface area (Å²) in [4.78, 5) is 40.4. The molecule has 0 N–H and O–H groups in total. The molecular formula is C20H21N7O2. The molecule has 0 unspecified atom stereocenters. The highest BCUT2D eigenvalue weighted by molar-refractivity contribution is 5.71. The standard InChI is InChI=1S/C20H21N7O2/c1-3-13-8-16-17(22-10-13)27(19(29)18(28)25(16)2)15-4-6-26(7-5-15)20-23-11-14(9-21)12-24-20/h8,10-12,15H,3-7H2,1-2H3. The van der Waals surface area contributed by atoms with Crippen LogP contribution < -0.4 is 16.0 Å². The van der Waals surface area contributed by atoms with E-state index in [0.29, 0.717) is 48.6 Å². The molecule has 0 amide bonds. The van der Waals surface area contributed by atoms with Crippen LogP contribution >= 0.6 is 0 Å². The molecule has 29 heavy (non-hydrogen) atoms. The van der Waals surface area contributed by atoms with Gasteiger partial charge in [-0.1, -0.05) is 6.92 Å². The van der Waals surface area contributed by atoms with Crippen LogP contribution in [0.5, 0.6) is 0 Å². The summed E-state index contributed by atoms with van der Waals surface area (Å²) in [6.07, 6.45) is 6.92. The number of anilines is 1. The molecule has 0 aromatic carbocycles. The van der Waals surface area contributed by atoms with E-state index in [4.69, 9.17) is 5.26 Å². The molecule has 9 nitrogen and oxygen atoms in total. The SMILES string of the molecule is CCc1cnc2c(c1)n(C)c(=O)c(=O)n2C1CCN(c2ncc(C#N)cn2)CC1. The van der Waals surface area contributed by atoms with Crippen molar-refractivity contribution < 1.29 is 0 Å².